The van der Waals surface area contributed by atoms with Gasteiger partial charge in [-0.1, -0.05) is 23.7 Å². The van der Waals surface area contributed by atoms with Gasteiger partial charge in [-0.05, 0) is 63.4 Å². The van der Waals surface area contributed by atoms with Gasteiger partial charge in [-0.25, -0.2) is 14.8 Å². The van der Waals surface area contributed by atoms with Crippen LogP contribution in [0.4, 0.5) is 17.3 Å². The molecule has 2 aliphatic rings. The number of aryl methyl sites for hydroxylation is 1. The third-order valence-corrected chi connectivity index (χ3v) is 7.56. The van der Waals surface area contributed by atoms with Crippen LogP contribution in [-0.2, 0) is 0 Å². The number of aromatic nitrogens is 2. The normalized spacial score (nSPS) is 20.2. The Bertz CT molecular complexity index is 1280. The average molecular weight is 506 g/mol. The Kier molecular flexibility index (Phi) is 6.75. The number of carboxylic acid groups (broad SMARTS) is 1. The van der Waals surface area contributed by atoms with Gasteiger partial charge < -0.3 is 19.8 Å². The molecule has 2 fully saturated rings. The largest absolute Gasteiger partial charge is 0.478 e. The van der Waals surface area contributed by atoms with Crippen molar-refractivity contribution >= 4 is 34.9 Å². The molecule has 36 heavy (non-hydrogen) atoms. The first-order valence-corrected chi connectivity index (χ1v) is 12.9. The van der Waals surface area contributed by atoms with Crippen LogP contribution < -0.4 is 14.7 Å². The predicted octanol–water partition coefficient (Wildman–Crippen LogP) is 5.51. The number of hydrogen-bond donors (Lipinski definition) is 1. The van der Waals surface area contributed by atoms with Gasteiger partial charge >= 0.3 is 5.97 Å². The van der Waals surface area contributed by atoms with E-state index in [4.69, 9.17) is 16.6 Å². The van der Waals surface area contributed by atoms with E-state index in [-0.39, 0.29) is 11.6 Å². The maximum atomic E-state index is 11.3. The smallest absolute Gasteiger partial charge is 0.337 e. The Hall–Kier alpha value is -3.32. The van der Waals surface area contributed by atoms with Gasteiger partial charge in [0.25, 0.3) is 0 Å². The number of aromatic carboxylic acids is 1. The average Bonchev–Trinajstić information content (AvgIpc) is 3.29. The number of hydrogen-bond acceptors (Lipinski definition) is 6. The van der Waals surface area contributed by atoms with Crippen molar-refractivity contribution in [3.05, 3.63) is 64.8 Å². The van der Waals surface area contributed by atoms with E-state index in [1.807, 2.05) is 25.1 Å². The zero-order valence-corrected chi connectivity index (χ0v) is 21.7. The molecule has 0 unspecified atom stereocenters. The molecular formula is C28H32ClN5O2. The number of carboxylic acids is 1. The van der Waals surface area contributed by atoms with Gasteiger partial charge in [-0.3, -0.25) is 0 Å². The van der Waals surface area contributed by atoms with Crippen LogP contribution in [-0.4, -0.2) is 59.3 Å². The van der Waals surface area contributed by atoms with E-state index in [1.54, 1.807) is 6.07 Å². The summed E-state index contributed by atoms with van der Waals surface area (Å²) in [5, 5.41) is 9.98. The van der Waals surface area contributed by atoms with E-state index >= 15 is 0 Å². The highest BCUT2D eigenvalue weighted by atomic mass is 35.5. The van der Waals surface area contributed by atoms with Crippen molar-refractivity contribution in [3.63, 3.8) is 0 Å². The van der Waals surface area contributed by atoms with E-state index in [1.165, 1.54) is 19.0 Å². The molecule has 7 nitrogen and oxygen atoms in total. The van der Waals surface area contributed by atoms with E-state index in [2.05, 4.69) is 51.7 Å². The predicted molar refractivity (Wildman–Crippen MR) is 146 cm³/mol. The van der Waals surface area contributed by atoms with Crippen LogP contribution in [0.2, 0.25) is 5.02 Å². The van der Waals surface area contributed by atoms with Crippen LogP contribution in [0, 0.1) is 6.92 Å². The third-order valence-electron chi connectivity index (χ3n) is 7.32. The fraction of sp³-hybridized carbons (Fsp3) is 0.393. The number of nitrogens with zero attached hydrogens (tertiary/aromatic N) is 5. The molecular weight excluding hydrogens is 474 g/mol. The SMILES string of the molecule is Cc1cc(C(=O)O)cnc1N1CCN(c2cc(-c3cccc(Cl)c3)nc(N3CCC[C@H]3C)c2)[C@H](C)C1. The van der Waals surface area contributed by atoms with Gasteiger partial charge in [0, 0.05) is 66.8 Å². The molecule has 2 saturated heterocycles. The van der Waals surface area contributed by atoms with E-state index < -0.39 is 5.97 Å². The fourth-order valence-corrected chi connectivity index (χ4v) is 5.62. The molecule has 2 atom stereocenters. The van der Waals surface area contributed by atoms with Crippen molar-refractivity contribution in [1.82, 2.24) is 9.97 Å². The standard InChI is InChI=1S/C28H32ClN5O2/c1-18-12-22(28(35)36)16-30-27(18)32-10-11-33(20(3)17-32)24-14-25(21-7-4-8-23(29)13-21)31-26(15-24)34-9-5-6-19(34)2/h4,7-8,12-16,19-20H,5-6,9-11,17H2,1-3H3,(H,35,36)/t19-,20-/m1/s1. The van der Waals surface area contributed by atoms with Crippen molar-refractivity contribution in [1.29, 1.82) is 0 Å². The first-order chi connectivity index (χ1) is 17.3. The number of benzene rings is 1. The minimum absolute atomic E-state index is 0.219. The molecule has 8 heteroatoms. The molecule has 2 aromatic heterocycles. The summed E-state index contributed by atoms with van der Waals surface area (Å²) in [7, 11) is 0. The van der Waals surface area contributed by atoms with Crippen molar-refractivity contribution < 1.29 is 9.90 Å². The van der Waals surface area contributed by atoms with Gasteiger partial charge in [0.1, 0.15) is 11.6 Å². The summed E-state index contributed by atoms with van der Waals surface area (Å²) in [5.74, 6) is 0.919. The summed E-state index contributed by atoms with van der Waals surface area (Å²) in [4.78, 5) is 28.0. The molecule has 3 aromatic rings. The van der Waals surface area contributed by atoms with Crippen LogP contribution in [0.3, 0.4) is 0 Å². The minimum Gasteiger partial charge on any atom is -0.478 e. The number of anilines is 3. The number of halogens is 1. The number of rotatable bonds is 5. The zero-order chi connectivity index (χ0) is 25.4. The van der Waals surface area contributed by atoms with Crippen molar-refractivity contribution in [2.75, 3.05) is 40.9 Å². The van der Waals surface area contributed by atoms with Gasteiger partial charge in [0.05, 0.1) is 11.3 Å². The van der Waals surface area contributed by atoms with Gasteiger partial charge in [-0.15, -0.1) is 0 Å². The Morgan fingerprint density at radius 1 is 1.06 bits per heavy atom. The van der Waals surface area contributed by atoms with Gasteiger partial charge in [0.15, 0.2) is 0 Å². The number of carbonyl (C=O) groups is 1. The quantitative estimate of drug-likeness (QED) is 0.490. The highest BCUT2D eigenvalue weighted by molar-refractivity contribution is 6.30. The van der Waals surface area contributed by atoms with Crippen molar-refractivity contribution in [2.24, 2.45) is 0 Å². The summed E-state index contributed by atoms with van der Waals surface area (Å²) < 4.78 is 0. The molecule has 4 heterocycles. The lowest BCUT2D eigenvalue weighted by Crippen LogP contribution is -2.52. The second-order valence-corrected chi connectivity index (χ2v) is 10.4. The molecule has 0 aliphatic carbocycles. The molecule has 188 valence electrons. The molecule has 0 amide bonds. The summed E-state index contributed by atoms with van der Waals surface area (Å²) >= 11 is 6.32. The van der Waals surface area contributed by atoms with Gasteiger partial charge in [-0.2, -0.15) is 0 Å². The van der Waals surface area contributed by atoms with E-state index in [0.717, 1.165) is 60.3 Å². The molecule has 5 rings (SSSR count). The Labute approximate surface area is 217 Å². The maximum absolute atomic E-state index is 11.3. The Morgan fingerprint density at radius 3 is 2.56 bits per heavy atom. The van der Waals surface area contributed by atoms with Crippen LogP contribution in [0.15, 0.2) is 48.7 Å². The third kappa shape index (κ3) is 4.85. The fourth-order valence-electron chi connectivity index (χ4n) is 5.43. The topological polar surface area (TPSA) is 72.8 Å². The lowest BCUT2D eigenvalue weighted by atomic mass is 10.1. The number of piperazine rings is 1. The van der Waals surface area contributed by atoms with Crippen molar-refractivity contribution in [3.8, 4) is 11.3 Å². The van der Waals surface area contributed by atoms with E-state index in [0.29, 0.717) is 11.1 Å². The molecule has 0 radical (unpaired) electrons. The Morgan fingerprint density at radius 2 is 1.89 bits per heavy atom. The molecule has 1 N–H and O–H groups in total. The summed E-state index contributed by atoms with van der Waals surface area (Å²) in [6.45, 7) is 9.87. The molecule has 2 aliphatic heterocycles. The molecule has 1 aromatic carbocycles. The maximum Gasteiger partial charge on any atom is 0.337 e. The second kappa shape index (κ2) is 9.97. The highest BCUT2D eigenvalue weighted by Crippen LogP contribution is 2.34. The monoisotopic (exact) mass is 505 g/mol. The molecule has 0 spiro atoms. The highest BCUT2D eigenvalue weighted by Gasteiger charge is 2.28. The first kappa shape index (κ1) is 24.4. The minimum atomic E-state index is -0.952. The van der Waals surface area contributed by atoms with E-state index in [9.17, 15) is 9.90 Å². The number of pyridine rings is 2. The first-order valence-electron chi connectivity index (χ1n) is 12.6. The van der Waals surface area contributed by atoms with Crippen molar-refractivity contribution in [2.45, 2.75) is 45.7 Å². The summed E-state index contributed by atoms with van der Waals surface area (Å²) in [6, 6.07) is 14.7. The zero-order valence-electron chi connectivity index (χ0n) is 21.0. The van der Waals surface area contributed by atoms with Crippen LogP contribution in [0.5, 0.6) is 0 Å². The van der Waals surface area contributed by atoms with Crippen LogP contribution >= 0.6 is 11.6 Å². The van der Waals surface area contributed by atoms with Gasteiger partial charge in [0.2, 0.25) is 0 Å². The van der Waals surface area contributed by atoms with Crippen LogP contribution in [0.25, 0.3) is 11.3 Å². The lowest BCUT2D eigenvalue weighted by molar-refractivity contribution is 0.0696. The summed E-state index contributed by atoms with van der Waals surface area (Å²) in [5.41, 5.74) is 4.21. The second-order valence-electron chi connectivity index (χ2n) is 9.92. The molecule has 0 saturated carbocycles. The Balaban J connectivity index is 1.45. The van der Waals surface area contributed by atoms with Crippen LogP contribution in [0.1, 0.15) is 42.6 Å². The summed E-state index contributed by atoms with van der Waals surface area (Å²) in [6.07, 6.45) is 3.81. The lowest BCUT2D eigenvalue weighted by Gasteiger charge is -2.42. The molecule has 0 bridgehead atoms.